The van der Waals surface area contributed by atoms with Crippen LogP contribution in [0.25, 0.3) is 0 Å². The van der Waals surface area contributed by atoms with Crippen molar-refractivity contribution >= 4 is 5.71 Å². The van der Waals surface area contributed by atoms with Crippen molar-refractivity contribution in [3.8, 4) is 0 Å². The maximum atomic E-state index is 4.47. The minimum atomic E-state index is 0.714. The van der Waals surface area contributed by atoms with E-state index in [1.165, 1.54) is 31.4 Å². The Hall–Kier alpha value is -0.530. The van der Waals surface area contributed by atoms with E-state index in [0.717, 1.165) is 0 Å². The van der Waals surface area contributed by atoms with Gasteiger partial charge in [-0.05, 0) is 25.2 Å². The van der Waals surface area contributed by atoms with Crippen LogP contribution in [0.5, 0.6) is 0 Å². The first kappa shape index (κ1) is 8.57. The summed E-state index contributed by atoms with van der Waals surface area (Å²) in [6, 6.07) is 0. The Labute approximate surface area is 69.3 Å². The van der Waals surface area contributed by atoms with Gasteiger partial charge in [0.1, 0.15) is 0 Å². The summed E-state index contributed by atoms with van der Waals surface area (Å²) < 4.78 is 0. The molecule has 0 amide bonds. The second-order valence-corrected chi connectivity index (χ2v) is 3.59. The van der Waals surface area contributed by atoms with Gasteiger partial charge in [-0.3, -0.25) is 0 Å². The van der Waals surface area contributed by atoms with Crippen molar-refractivity contribution in [2.75, 3.05) is 14.1 Å². The lowest BCUT2D eigenvalue weighted by molar-refractivity contribution is 0.422. The Morgan fingerprint density at radius 3 is 2.64 bits per heavy atom. The molecule has 0 aromatic heterocycles. The Balaban J connectivity index is 2.53. The highest BCUT2D eigenvalue weighted by Crippen LogP contribution is 2.21. The molecule has 0 spiro atoms. The molecule has 0 aromatic carbocycles. The summed E-state index contributed by atoms with van der Waals surface area (Å²) in [5.74, 6) is 0.714. The predicted molar refractivity (Wildman–Crippen MR) is 48.8 cm³/mol. The van der Waals surface area contributed by atoms with Gasteiger partial charge >= 0.3 is 0 Å². The van der Waals surface area contributed by atoms with Gasteiger partial charge in [0.05, 0.1) is 0 Å². The van der Waals surface area contributed by atoms with E-state index in [1.54, 1.807) is 0 Å². The molecule has 0 saturated heterocycles. The fourth-order valence-corrected chi connectivity index (χ4v) is 1.58. The van der Waals surface area contributed by atoms with Crippen LogP contribution in [0.15, 0.2) is 5.10 Å². The summed E-state index contributed by atoms with van der Waals surface area (Å²) in [5.41, 5.74) is 1.39. The van der Waals surface area contributed by atoms with Gasteiger partial charge < -0.3 is 5.01 Å². The normalized spacial score (nSPS) is 29.0. The van der Waals surface area contributed by atoms with Crippen molar-refractivity contribution in [1.29, 1.82) is 0 Å². The minimum Gasteiger partial charge on any atom is -0.303 e. The van der Waals surface area contributed by atoms with Crippen LogP contribution in [0.1, 0.15) is 32.6 Å². The van der Waals surface area contributed by atoms with Gasteiger partial charge in [0.2, 0.25) is 0 Å². The summed E-state index contributed by atoms with van der Waals surface area (Å²) in [7, 11) is 3.99. The topological polar surface area (TPSA) is 15.6 Å². The van der Waals surface area contributed by atoms with Crippen molar-refractivity contribution in [1.82, 2.24) is 5.01 Å². The Morgan fingerprint density at radius 1 is 1.36 bits per heavy atom. The molecule has 0 heterocycles. The molecule has 1 aliphatic rings. The lowest BCUT2D eigenvalue weighted by Crippen LogP contribution is -2.19. The molecule has 1 aliphatic carbocycles. The molecule has 2 nitrogen and oxygen atoms in total. The van der Waals surface area contributed by atoms with Crippen LogP contribution in [0.4, 0.5) is 0 Å². The maximum Gasteiger partial charge on any atom is 0.0408 e. The van der Waals surface area contributed by atoms with Gasteiger partial charge in [0.25, 0.3) is 0 Å². The number of hydrogen-bond donors (Lipinski definition) is 0. The number of hydrogen-bond acceptors (Lipinski definition) is 2. The lowest BCUT2D eigenvalue weighted by Gasteiger charge is -2.21. The van der Waals surface area contributed by atoms with E-state index in [-0.39, 0.29) is 0 Å². The molecule has 0 radical (unpaired) electrons. The number of hydrazone groups is 1. The third-order valence-electron chi connectivity index (χ3n) is 2.22. The molecule has 11 heavy (non-hydrogen) atoms. The first-order valence-electron chi connectivity index (χ1n) is 4.45. The highest BCUT2D eigenvalue weighted by Gasteiger charge is 2.15. The molecular weight excluding hydrogens is 136 g/mol. The molecule has 1 saturated carbocycles. The molecule has 1 rings (SSSR count). The van der Waals surface area contributed by atoms with Crippen molar-refractivity contribution < 1.29 is 0 Å². The van der Waals surface area contributed by atoms with E-state index in [9.17, 15) is 0 Å². The van der Waals surface area contributed by atoms with E-state index in [1.807, 2.05) is 19.1 Å². The Bertz CT molecular complexity index is 150. The molecule has 0 aromatic rings. The lowest BCUT2D eigenvalue weighted by atomic mass is 9.89. The zero-order chi connectivity index (χ0) is 8.27. The highest BCUT2D eigenvalue weighted by atomic mass is 15.4. The third kappa shape index (κ3) is 2.52. The van der Waals surface area contributed by atoms with Crippen LogP contribution < -0.4 is 0 Å². The van der Waals surface area contributed by atoms with Gasteiger partial charge in [0.15, 0.2) is 0 Å². The molecule has 0 N–H and O–H groups in total. The average molecular weight is 154 g/mol. The van der Waals surface area contributed by atoms with Crippen LogP contribution in [-0.2, 0) is 0 Å². The Kier molecular flexibility index (Phi) is 2.92. The predicted octanol–water partition coefficient (Wildman–Crippen LogP) is 2.11. The van der Waals surface area contributed by atoms with E-state index in [4.69, 9.17) is 0 Å². The summed E-state index contributed by atoms with van der Waals surface area (Å²) in [4.78, 5) is 0. The number of nitrogens with zero attached hydrogens (tertiary/aromatic N) is 2. The van der Waals surface area contributed by atoms with E-state index >= 15 is 0 Å². The van der Waals surface area contributed by atoms with Crippen LogP contribution in [0, 0.1) is 5.92 Å². The summed E-state index contributed by atoms with van der Waals surface area (Å²) in [6.45, 7) is 2.28. The third-order valence-corrected chi connectivity index (χ3v) is 2.22. The molecule has 0 bridgehead atoms. The highest BCUT2D eigenvalue weighted by molar-refractivity contribution is 5.86. The molecule has 64 valence electrons. The number of rotatable bonds is 1. The summed E-state index contributed by atoms with van der Waals surface area (Å²) >= 11 is 0. The quantitative estimate of drug-likeness (QED) is 0.528. The zero-order valence-corrected chi connectivity index (χ0v) is 7.80. The molecule has 0 aliphatic heterocycles. The summed E-state index contributed by atoms with van der Waals surface area (Å²) in [5, 5.41) is 6.38. The van der Waals surface area contributed by atoms with Crippen molar-refractivity contribution in [2.24, 2.45) is 11.0 Å². The van der Waals surface area contributed by atoms with Crippen LogP contribution >= 0.6 is 0 Å². The molecule has 1 fully saturated rings. The van der Waals surface area contributed by atoms with E-state index in [0.29, 0.717) is 5.92 Å². The van der Waals surface area contributed by atoms with Crippen molar-refractivity contribution in [2.45, 2.75) is 32.6 Å². The second kappa shape index (κ2) is 3.74. The monoisotopic (exact) mass is 154 g/mol. The largest absolute Gasteiger partial charge is 0.303 e. The van der Waals surface area contributed by atoms with Crippen LogP contribution in [-0.4, -0.2) is 24.8 Å². The second-order valence-electron chi connectivity index (χ2n) is 3.59. The van der Waals surface area contributed by atoms with Gasteiger partial charge in [-0.2, -0.15) is 5.10 Å². The Morgan fingerprint density at radius 2 is 2.09 bits per heavy atom. The molecular formula is C9H18N2. The van der Waals surface area contributed by atoms with Crippen LogP contribution in [0.3, 0.4) is 0 Å². The maximum absolute atomic E-state index is 4.47. The zero-order valence-electron chi connectivity index (χ0n) is 7.80. The van der Waals surface area contributed by atoms with Crippen molar-refractivity contribution in [3.63, 3.8) is 0 Å². The first-order chi connectivity index (χ1) is 5.20. The smallest absolute Gasteiger partial charge is 0.0408 e. The fraction of sp³-hybridized carbons (Fsp3) is 0.889. The SMILES string of the molecule is CC1CCCC/C1=N/N(C)C. The molecule has 2 heteroatoms. The average Bonchev–Trinajstić information content (AvgIpc) is 1.93. The summed E-state index contributed by atoms with van der Waals surface area (Å²) in [6.07, 6.45) is 5.25. The molecule has 1 unspecified atom stereocenters. The fourth-order valence-electron chi connectivity index (χ4n) is 1.58. The van der Waals surface area contributed by atoms with Crippen molar-refractivity contribution in [3.05, 3.63) is 0 Å². The molecule has 1 atom stereocenters. The van der Waals surface area contributed by atoms with Gasteiger partial charge in [-0.1, -0.05) is 13.3 Å². The van der Waals surface area contributed by atoms with Gasteiger partial charge in [0, 0.05) is 19.8 Å². The first-order valence-corrected chi connectivity index (χ1v) is 4.45. The van der Waals surface area contributed by atoms with Crippen LogP contribution in [0.2, 0.25) is 0 Å². The van der Waals surface area contributed by atoms with E-state index < -0.39 is 0 Å². The van der Waals surface area contributed by atoms with Gasteiger partial charge in [-0.15, -0.1) is 0 Å². The van der Waals surface area contributed by atoms with Gasteiger partial charge in [-0.25, -0.2) is 0 Å². The van der Waals surface area contributed by atoms with E-state index in [2.05, 4.69) is 12.0 Å². The minimum absolute atomic E-state index is 0.714. The standard InChI is InChI=1S/C9H18N2/c1-8-6-4-5-7-9(8)10-11(2)3/h8H,4-7H2,1-3H3/b10-9-.